The molecule has 1 heterocycles. The second-order valence-electron chi connectivity index (χ2n) is 9.51. The number of hydrogen-bond donors (Lipinski definition) is 0. The van der Waals surface area contributed by atoms with Gasteiger partial charge < -0.3 is 9.47 Å². The maximum atomic E-state index is 13.7. The van der Waals surface area contributed by atoms with E-state index in [1.807, 2.05) is 0 Å². The molecule has 0 aromatic carbocycles. The summed E-state index contributed by atoms with van der Waals surface area (Å²) in [5.41, 5.74) is 0. The highest BCUT2D eigenvalue weighted by Gasteiger charge is 2.32. The third-order valence-electron chi connectivity index (χ3n) is 7.46. The summed E-state index contributed by atoms with van der Waals surface area (Å²) in [5.74, 6) is 2.52. The van der Waals surface area contributed by atoms with Gasteiger partial charge >= 0.3 is 0 Å². The van der Waals surface area contributed by atoms with Crippen LogP contribution in [0.4, 0.5) is 8.78 Å². The van der Waals surface area contributed by atoms with Crippen LogP contribution in [0.5, 0.6) is 0 Å². The lowest BCUT2D eigenvalue weighted by molar-refractivity contribution is -0.230. The highest BCUT2D eigenvalue weighted by molar-refractivity contribution is 4.99. The number of allylic oxidation sites excluding steroid dienone is 2. The van der Waals surface area contributed by atoms with Crippen molar-refractivity contribution in [1.82, 2.24) is 0 Å². The predicted octanol–water partition coefficient (Wildman–Crippen LogP) is 6.99. The number of rotatable bonds is 8. The minimum atomic E-state index is -0.676. The van der Waals surface area contributed by atoms with Crippen molar-refractivity contribution in [2.75, 3.05) is 19.9 Å². The van der Waals surface area contributed by atoms with Crippen molar-refractivity contribution in [1.29, 1.82) is 0 Å². The fourth-order valence-electron chi connectivity index (χ4n) is 5.59. The molecule has 0 aromatic rings. The van der Waals surface area contributed by atoms with E-state index in [2.05, 4.69) is 6.92 Å². The quantitative estimate of drug-likeness (QED) is 0.438. The largest absolute Gasteiger partial charge is 0.352 e. The van der Waals surface area contributed by atoms with Crippen LogP contribution in [0.2, 0.25) is 0 Å². The number of alkyl halides is 1. The molecule has 0 bridgehead atoms. The van der Waals surface area contributed by atoms with Crippen LogP contribution in [0, 0.1) is 29.6 Å². The van der Waals surface area contributed by atoms with Gasteiger partial charge in [-0.15, -0.1) is 0 Å². The molecule has 1 aliphatic heterocycles. The SMILES string of the molecule is CCCC1COC(C2CCC(CCC3CCC(/C(F)=C/CF)CC3)CC2)OC1. The van der Waals surface area contributed by atoms with Gasteiger partial charge in [0.1, 0.15) is 12.5 Å². The minimum Gasteiger partial charge on any atom is -0.352 e. The second-order valence-corrected chi connectivity index (χ2v) is 9.51. The molecule has 0 radical (unpaired) electrons. The van der Waals surface area contributed by atoms with E-state index in [0.717, 1.165) is 56.8 Å². The highest BCUT2D eigenvalue weighted by Crippen LogP contribution is 2.40. The molecule has 28 heavy (non-hydrogen) atoms. The molecule has 4 heteroatoms. The molecule has 3 aliphatic rings. The van der Waals surface area contributed by atoms with Crippen LogP contribution in [0.3, 0.4) is 0 Å². The van der Waals surface area contributed by atoms with Crippen LogP contribution in [0.1, 0.15) is 84.0 Å². The third-order valence-corrected chi connectivity index (χ3v) is 7.46. The lowest BCUT2D eigenvalue weighted by Crippen LogP contribution is -2.38. The van der Waals surface area contributed by atoms with Gasteiger partial charge in [0.15, 0.2) is 6.29 Å². The topological polar surface area (TPSA) is 18.5 Å². The molecule has 2 aliphatic carbocycles. The Labute approximate surface area is 170 Å². The van der Waals surface area contributed by atoms with Crippen LogP contribution in [0.15, 0.2) is 11.9 Å². The molecule has 0 spiro atoms. The Hall–Kier alpha value is -0.480. The maximum Gasteiger partial charge on any atom is 0.160 e. The zero-order chi connectivity index (χ0) is 19.8. The Bertz CT molecular complexity index is 457. The molecule has 0 unspecified atom stereocenters. The first-order valence-electron chi connectivity index (χ1n) is 11.8. The standard InChI is InChI=1S/C24H40F2O2/c1-2-3-20-16-27-24(28-17-20)22-12-8-19(9-13-22)5-4-18-6-10-21(11-7-18)23(26)14-15-25/h14,18-22,24H,2-13,15-17H2,1H3/b23-14-. The summed E-state index contributed by atoms with van der Waals surface area (Å²) in [7, 11) is 0. The summed E-state index contributed by atoms with van der Waals surface area (Å²) in [6.45, 7) is 3.30. The fraction of sp³-hybridized carbons (Fsp3) is 0.917. The van der Waals surface area contributed by atoms with Gasteiger partial charge in [0.05, 0.1) is 13.2 Å². The van der Waals surface area contributed by atoms with Gasteiger partial charge in [-0.1, -0.05) is 26.2 Å². The maximum absolute atomic E-state index is 13.7. The molecular formula is C24H40F2O2. The molecule has 162 valence electrons. The third kappa shape index (κ3) is 6.52. The van der Waals surface area contributed by atoms with Crippen LogP contribution in [-0.4, -0.2) is 26.2 Å². The van der Waals surface area contributed by atoms with E-state index in [9.17, 15) is 8.78 Å². The van der Waals surface area contributed by atoms with Crippen molar-refractivity contribution in [2.45, 2.75) is 90.3 Å². The van der Waals surface area contributed by atoms with Crippen LogP contribution < -0.4 is 0 Å². The number of halogens is 2. The molecule has 3 rings (SSSR count). The van der Waals surface area contributed by atoms with Crippen molar-refractivity contribution in [3.05, 3.63) is 11.9 Å². The molecule has 3 fully saturated rings. The van der Waals surface area contributed by atoms with Gasteiger partial charge in [-0.3, -0.25) is 0 Å². The fourth-order valence-corrected chi connectivity index (χ4v) is 5.59. The van der Waals surface area contributed by atoms with Gasteiger partial charge in [0.2, 0.25) is 0 Å². The van der Waals surface area contributed by atoms with Crippen molar-refractivity contribution in [3.63, 3.8) is 0 Å². The van der Waals surface area contributed by atoms with Crippen LogP contribution in [-0.2, 0) is 9.47 Å². The van der Waals surface area contributed by atoms with E-state index in [4.69, 9.17) is 9.47 Å². The van der Waals surface area contributed by atoms with Gasteiger partial charge in [-0.25, -0.2) is 8.78 Å². The summed E-state index contributed by atoms with van der Waals surface area (Å²) in [4.78, 5) is 0. The first-order chi connectivity index (χ1) is 13.7. The van der Waals surface area contributed by atoms with E-state index in [1.165, 1.54) is 51.4 Å². The Morgan fingerprint density at radius 3 is 1.93 bits per heavy atom. The van der Waals surface area contributed by atoms with Gasteiger partial charge in [-0.05, 0) is 75.7 Å². The monoisotopic (exact) mass is 398 g/mol. The Morgan fingerprint density at radius 2 is 1.39 bits per heavy atom. The average molecular weight is 399 g/mol. The molecule has 0 aromatic heterocycles. The molecular weight excluding hydrogens is 358 g/mol. The number of ether oxygens (including phenoxy) is 2. The van der Waals surface area contributed by atoms with E-state index < -0.39 is 6.67 Å². The normalized spacial score (nSPS) is 37.8. The average Bonchev–Trinajstić information content (AvgIpc) is 2.74. The van der Waals surface area contributed by atoms with E-state index in [0.29, 0.717) is 11.8 Å². The lowest BCUT2D eigenvalue weighted by Gasteiger charge is -2.38. The van der Waals surface area contributed by atoms with Gasteiger partial charge in [-0.2, -0.15) is 0 Å². The molecule has 2 nitrogen and oxygen atoms in total. The van der Waals surface area contributed by atoms with Gasteiger partial charge in [0.25, 0.3) is 0 Å². The second kappa shape index (κ2) is 11.6. The summed E-state index contributed by atoms with van der Waals surface area (Å²) in [5, 5.41) is 0. The molecule has 0 N–H and O–H groups in total. The van der Waals surface area contributed by atoms with Crippen molar-refractivity contribution >= 4 is 0 Å². The highest BCUT2D eigenvalue weighted by atomic mass is 19.1. The summed E-state index contributed by atoms with van der Waals surface area (Å²) in [6.07, 6.45) is 15.3. The Balaban J connectivity index is 1.29. The molecule has 0 atom stereocenters. The van der Waals surface area contributed by atoms with E-state index in [-0.39, 0.29) is 18.0 Å². The predicted molar refractivity (Wildman–Crippen MR) is 109 cm³/mol. The van der Waals surface area contributed by atoms with Crippen molar-refractivity contribution in [2.24, 2.45) is 29.6 Å². The van der Waals surface area contributed by atoms with Crippen molar-refractivity contribution in [3.8, 4) is 0 Å². The molecule has 1 saturated heterocycles. The van der Waals surface area contributed by atoms with E-state index >= 15 is 0 Å². The van der Waals surface area contributed by atoms with Gasteiger partial charge in [0, 0.05) is 17.8 Å². The zero-order valence-electron chi connectivity index (χ0n) is 17.7. The van der Waals surface area contributed by atoms with Crippen LogP contribution >= 0.6 is 0 Å². The summed E-state index contributed by atoms with van der Waals surface area (Å²) < 4.78 is 38.1. The lowest BCUT2D eigenvalue weighted by atomic mass is 9.75. The first kappa shape index (κ1) is 22.2. The summed E-state index contributed by atoms with van der Waals surface area (Å²) >= 11 is 0. The van der Waals surface area contributed by atoms with E-state index in [1.54, 1.807) is 0 Å². The first-order valence-corrected chi connectivity index (χ1v) is 11.8. The Morgan fingerprint density at radius 1 is 0.821 bits per heavy atom. The minimum absolute atomic E-state index is 0.0187. The zero-order valence-corrected chi connectivity index (χ0v) is 17.7. The molecule has 2 saturated carbocycles. The van der Waals surface area contributed by atoms with Crippen LogP contribution in [0.25, 0.3) is 0 Å². The smallest absolute Gasteiger partial charge is 0.160 e. The number of hydrogen-bond acceptors (Lipinski definition) is 2. The summed E-state index contributed by atoms with van der Waals surface area (Å²) in [6, 6.07) is 0. The van der Waals surface area contributed by atoms with Crippen molar-refractivity contribution < 1.29 is 18.3 Å². The Kier molecular flexibility index (Phi) is 9.23. The molecule has 0 amide bonds.